The summed E-state index contributed by atoms with van der Waals surface area (Å²) in [5, 5.41) is 39.1. The molecule has 0 saturated carbocycles. The number of nitrogens with zero attached hydrogens (tertiary/aromatic N) is 3. The number of hydrogen-bond donors (Lipinski definition) is 3. The van der Waals surface area contributed by atoms with Crippen molar-refractivity contribution in [2.75, 3.05) is 0 Å². The van der Waals surface area contributed by atoms with Gasteiger partial charge in [-0.25, -0.2) is 9.00 Å². The van der Waals surface area contributed by atoms with Crippen molar-refractivity contribution in [1.29, 1.82) is 0 Å². The summed E-state index contributed by atoms with van der Waals surface area (Å²) >= 11 is 5.20. The van der Waals surface area contributed by atoms with E-state index in [1.807, 2.05) is 0 Å². The fourth-order valence-corrected chi connectivity index (χ4v) is 3.11. The van der Waals surface area contributed by atoms with Crippen LogP contribution in [-0.4, -0.2) is 46.7 Å². The van der Waals surface area contributed by atoms with Crippen molar-refractivity contribution < 1.29 is 43.9 Å². The molecule has 45 heavy (non-hydrogen) atoms. The summed E-state index contributed by atoms with van der Waals surface area (Å²) in [4.78, 5) is 61.4. The lowest BCUT2D eigenvalue weighted by molar-refractivity contribution is -0.385. The number of aromatic carboxylic acids is 1. The fraction of sp³-hybridized carbons (Fsp3) is 0.125. The molecule has 0 atom stereocenters. The third kappa shape index (κ3) is 16.2. The molecule has 0 saturated heterocycles. The second kappa shape index (κ2) is 21.2. The molecule has 3 aromatic carbocycles. The van der Waals surface area contributed by atoms with Crippen LogP contribution in [0.2, 0.25) is 0 Å². The first-order chi connectivity index (χ1) is 19.8. The summed E-state index contributed by atoms with van der Waals surface area (Å²) in [5.41, 5.74) is 6.73. The highest BCUT2D eigenvalue weighted by atomic mass is 36.0. The lowest BCUT2D eigenvalue weighted by Crippen LogP contribution is -2.11. The Kier molecular flexibility index (Phi) is 21.1. The average Bonchev–Trinajstić information content (AvgIpc) is 2.88. The lowest BCUT2D eigenvalue weighted by atomic mass is 10.1. The summed E-state index contributed by atoms with van der Waals surface area (Å²) < 4.78 is 9.09. The number of carboxylic acids is 1. The van der Waals surface area contributed by atoms with E-state index in [4.69, 9.17) is 26.7 Å². The quantitative estimate of drug-likeness (QED) is 0.167. The Morgan fingerprint density at radius 1 is 0.711 bits per heavy atom. The van der Waals surface area contributed by atoms with Crippen LogP contribution in [0.15, 0.2) is 54.6 Å². The van der Waals surface area contributed by atoms with Crippen molar-refractivity contribution in [3.05, 3.63) is 118 Å². The molecule has 0 spiro atoms. The zero-order chi connectivity index (χ0) is 33.6. The normalized spacial score (nSPS) is 9.13. The van der Waals surface area contributed by atoms with Crippen LogP contribution in [0.25, 0.3) is 0 Å². The third-order valence-corrected chi connectivity index (χ3v) is 5.16. The minimum absolute atomic E-state index is 0. The van der Waals surface area contributed by atoms with Gasteiger partial charge in [0.05, 0.1) is 20.3 Å². The van der Waals surface area contributed by atoms with Gasteiger partial charge in [-0.15, -0.1) is 0 Å². The molecule has 246 valence electrons. The van der Waals surface area contributed by atoms with E-state index in [1.54, 1.807) is 13.8 Å². The van der Waals surface area contributed by atoms with Crippen LogP contribution in [0.1, 0.15) is 47.8 Å². The molecule has 17 nitrogen and oxygen atoms in total. The van der Waals surface area contributed by atoms with Crippen molar-refractivity contribution in [2.24, 2.45) is 5.73 Å². The van der Waals surface area contributed by atoms with Gasteiger partial charge >= 0.3 is 5.97 Å². The van der Waals surface area contributed by atoms with Gasteiger partial charge in [0, 0.05) is 67.4 Å². The first kappa shape index (κ1) is 44.8. The molecule has 3 rings (SSSR count). The molecule has 0 heterocycles. The Morgan fingerprint density at radius 2 is 0.978 bits per heavy atom. The molecular weight excluding hydrogens is 689 g/mol. The van der Waals surface area contributed by atoms with Crippen molar-refractivity contribution >= 4 is 76.4 Å². The summed E-state index contributed by atoms with van der Waals surface area (Å²) in [5.74, 6) is -1.67. The van der Waals surface area contributed by atoms with Gasteiger partial charge in [0.25, 0.3) is 22.3 Å². The van der Waals surface area contributed by atoms with Gasteiger partial charge in [-0.2, -0.15) is 0 Å². The highest BCUT2D eigenvalue weighted by Crippen LogP contribution is 2.20. The molecule has 3 aromatic rings. The molecule has 21 heteroatoms. The maximum Gasteiger partial charge on any atom is 0.335 e. The monoisotopic (exact) mass is 713 g/mol. The molecule has 0 aliphatic heterocycles. The van der Waals surface area contributed by atoms with E-state index in [0.29, 0.717) is 16.7 Å². The molecule has 8 N–H and O–H groups in total. The number of halogens is 3. The van der Waals surface area contributed by atoms with Gasteiger partial charge in [-0.1, -0.05) is 0 Å². The molecule has 0 aliphatic rings. The van der Waals surface area contributed by atoms with Crippen LogP contribution >= 0.6 is 33.0 Å². The Bertz CT molecular complexity index is 1410. The van der Waals surface area contributed by atoms with Crippen molar-refractivity contribution in [1.82, 2.24) is 6.15 Å². The number of hydrogen-bond acceptors (Lipinski definition) is 11. The number of aryl methyl sites for hydroxylation is 3. The molecule has 0 unspecified atom stereocenters. The van der Waals surface area contributed by atoms with Crippen molar-refractivity contribution in [3.8, 4) is 0 Å². The topological polar surface area (TPSA) is 310 Å². The predicted octanol–water partition coefficient (Wildman–Crippen LogP) is 5.27. The van der Waals surface area contributed by atoms with Gasteiger partial charge in [-0.3, -0.25) is 39.9 Å². The molecule has 1 amide bonds. The number of nitro groups is 3. The molecule has 0 aliphatic carbocycles. The highest BCUT2D eigenvalue weighted by molar-refractivity contribution is 8.26. The SMILES string of the molecule is Cc1cc(C(=O)Cl)ccc1[N+](=O)[O-].Cc1cc(C(=O)O)ccc1[N+](=O)[O-].Cc1cc(C(N)=O)ccc1[N+](=O)[O-].N.O.O=S(Cl)Cl. The Hall–Kier alpha value is -4.59. The molecule has 0 bridgehead atoms. The molecule has 0 fully saturated rings. The van der Waals surface area contributed by atoms with Crippen LogP contribution < -0.4 is 11.9 Å². The second-order valence-electron chi connectivity index (χ2n) is 7.90. The minimum Gasteiger partial charge on any atom is -0.478 e. The summed E-state index contributed by atoms with van der Waals surface area (Å²) in [6, 6.07) is 11.7. The zero-order valence-electron chi connectivity index (χ0n) is 23.4. The molecular formula is C24H26Cl3N5O12S. The van der Waals surface area contributed by atoms with Gasteiger partial charge in [-0.05, 0) is 68.8 Å². The van der Waals surface area contributed by atoms with Crippen molar-refractivity contribution in [2.45, 2.75) is 20.8 Å². The van der Waals surface area contributed by atoms with Crippen LogP contribution in [0.3, 0.4) is 0 Å². The summed E-state index contributed by atoms with van der Waals surface area (Å²) in [6.45, 7) is 4.62. The summed E-state index contributed by atoms with van der Waals surface area (Å²) in [6.07, 6.45) is 0. The number of rotatable bonds is 6. The van der Waals surface area contributed by atoms with Gasteiger partial charge in [0.1, 0.15) is 0 Å². The zero-order valence-corrected chi connectivity index (χ0v) is 26.5. The minimum atomic E-state index is -1.67. The van der Waals surface area contributed by atoms with E-state index in [9.17, 15) is 44.7 Å². The molecule has 0 radical (unpaired) electrons. The molecule has 0 aromatic heterocycles. The van der Waals surface area contributed by atoms with E-state index in [1.165, 1.54) is 61.5 Å². The number of nitrogens with two attached hydrogens (primary N) is 1. The fourth-order valence-electron chi connectivity index (χ4n) is 2.99. The Balaban J connectivity index is -0.000000543. The van der Waals surface area contributed by atoms with Crippen molar-refractivity contribution in [3.63, 3.8) is 0 Å². The first-order valence-electron chi connectivity index (χ1n) is 11.0. The summed E-state index contributed by atoms with van der Waals surface area (Å²) in [7, 11) is 7.36. The number of carbonyl (C=O) groups is 3. The van der Waals surface area contributed by atoms with Crippen LogP contribution in [-0.2, 0) is 9.23 Å². The van der Waals surface area contributed by atoms with Gasteiger partial charge < -0.3 is 22.5 Å². The predicted molar refractivity (Wildman–Crippen MR) is 168 cm³/mol. The largest absolute Gasteiger partial charge is 0.478 e. The number of carboxylic acid groups (broad SMARTS) is 1. The maximum atomic E-state index is 10.7. The van der Waals surface area contributed by atoms with Crippen LogP contribution in [0, 0.1) is 51.1 Å². The standard InChI is InChI=1S/C8H6ClNO3.C8H8N2O3.C8H7NO4.Cl2OS.H3N.H2O/c2*1-5-4-6(8(9)11)2-3-7(5)10(12)13;1-5-4-6(8(10)11)2-3-7(5)9(12)13;1-4(2)3;;/h2-4H,1H3;2-4H,1H3,(H2,9,11);2-4H,1H3,(H,10,11);;1H3;1H2. The maximum absolute atomic E-state index is 10.7. The first-order valence-corrected chi connectivity index (χ1v) is 14.2. The smallest absolute Gasteiger partial charge is 0.335 e. The van der Waals surface area contributed by atoms with E-state index >= 15 is 0 Å². The lowest BCUT2D eigenvalue weighted by Gasteiger charge is -1.98. The van der Waals surface area contributed by atoms with Crippen LogP contribution in [0.4, 0.5) is 17.1 Å². The number of amides is 1. The van der Waals surface area contributed by atoms with E-state index in [2.05, 4.69) is 21.4 Å². The van der Waals surface area contributed by atoms with Gasteiger partial charge in [0.15, 0.2) is 0 Å². The number of primary amides is 1. The third-order valence-electron chi connectivity index (χ3n) is 4.94. The average molecular weight is 715 g/mol. The number of carbonyl (C=O) groups excluding carboxylic acids is 2. The Labute approximate surface area is 270 Å². The second-order valence-corrected chi connectivity index (χ2v) is 10.8. The number of benzene rings is 3. The van der Waals surface area contributed by atoms with Crippen LogP contribution in [0.5, 0.6) is 0 Å². The van der Waals surface area contributed by atoms with E-state index in [-0.39, 0.29) is 45.4 Å². The Morgan fingerprint density at radius 3 is 1.22 bits per heavy atom. The number of nitro benzene ring substituents is 3. The highest BCUT2D eigenvalue weighted by Gasteiger charge is 2.14. The van der Waals surface area contributed by atoms with Gasteiger partial charge in [0.2, 0.25) is 15.1 Å². The van der Waals surface area contributed by atoms with E-state index in [0.717, 1.165) is 0 Å². The van der Waals surface area contributed by atoms with E-state index < -0.39 is 41.1 Å².